The maximum atomic E-state index is 12.2. The van der Waals surface area contributed by atoms with Gasteiger partial charge in [-0.3, -0.25) is 10.1 Å². The highest BCUT2D eigenvalue weighted by Gasteiger charge is 2.37. The first kappa shape index (κ1) is 13.0. The van der Waals surface area contributed by atoms with Crippen molar-refractivity contribution in [3.8, 4) is 0 Å². The number of hydrogen-bond donors (Lipinski definition) is 1. The van der Waals surface area contributed by atoms with Gasteiger partial charge in [-0.15, -0.1) is 0 Å². The molecule has 0 aromatic heterocycles. The van der Waals surface area contributed by atoms with Gasteiger partial charge in [-0.05, 0) is 36.8 Å². The Morgan fingerprint density at radius 1 is 1.21 bits per heavy atom. The Labute approximate surface area is 118 Å². The molecule has 4 heteroatoms. The molecule has 3 nitrogen and oxygen atoms in total. The van der Waals surface area contributed by atoms with Crippen LogP contribution in [0.3, 0.4) is 0 Å². The first-order valence-corrected chi connectivity index (χ1v) is 8.10. The van der Waals surface area contributed by atoms with Gasteiger partial charge in [0.15, 0.2) is 0 Å². The first-order chi connectivity index (χ1) is 9.25. The van der Waals surface area contributed by atoms with Crippen LogP contribution >= 0.6 is 11.8 Å². The summed E-state index contributed by atoms with van der Waals surface area (Å²) >= 11 is 2.00. The number of nitrogens with one attached hydrogen (secondary N) is 1. The van der Waals surface area contributed by atoms with E-state index in [2.05, 4.69) is 41.4 Å². The minimum absolute atomic E-state index is 0.0706. The van der Waals surface area contributed by atoms with Crippen LogP contribution in [0.25, 0.3) is 0 Å². The molecule has 1 atom stereocenters. The van der Waals surface area contributed by atoms with Crippen molar-refractivity contribution in [2.75, 3.05) is 18.1 Å². The summed E-state index contributed by atoms with van der Waals surface area (Å²) in [5.41, 5.74) is 2.46. The van der Waals surface area contributed by atoms with Crippen molar-refractivity contribution in [1.29, 1.82) is 0 Å². The van der Waals surface area contributed by atoms with Crippen LogP contribution in [0, 0.1) is 6.92 Å². The second kappa shape index (κ2) is 5.55. The average Bonchev–Trinajstić information content (AvgIpc) is 2.82. The zero-order valence-electron chi connectivity index (χ0n) is 11.3. The van der Waals surface area contributed by atoms with Gasteiger partial charge in [0, 0.05) is 6.04 Å². The number of carbonyl (C=O) groups excluding carboxylic acids is 1. The Kier molecular flexibility index (Phi) is 3.80. The molecular formula is C15H20N2OS. The third-order valence-electron chi connectivity index (χ3n) is 3.99. The van der Waals surface area contributed by atoms with E-state index < -0.39 is 0 Å². The Morgan fingerprint density at radius 3 is 2.58 bits per heavy atom. The van der Waals surface area contributed by atoms with Gasteiger partial charge >= 0.3 is 0 Å². The van der Waals surface area contributed by atoms with Crippen LogP contribution in [-0.4, -0.2) is 34.9 Å². The molecular weight excluding hydrogens is 256 g/mol. The molecule has 0 radical (unpaired) electrons. The van der Waals surface area contributed by atoms with Crippen molar-refractivity contribution in [2.45, 2.75) is 32.0 Å². The number of rotatable bonds is 2. The van der Waals surface area contributed by atoms with Crippen LogP contribution in [0.15, 0.2) is 24.3 Å². The number of thioether (sulfide) groups is 1. The van der Waals surface area contributed by atoms with Gasteiger partial charge in [0.2, 0.25) is 5.91 Å². The van der Waals surface area contributed by atoms with Crippen LogP contribution in [0.1, 0.15) is 30.1 Å². The highest BCUT2D eigenvalue weighted by Crippen LogP contribution is 2.31. The standard InChI is InChI=1S/C15H20N2OS/c1-11-2-4-12(5-3-11)15-16-10-14(18)17(15)13-6-8-19-9-7-13/h2-5,13,15-16H,6-10H2,1H3. The summed E-state index contributed by atoms with van der Waals surface area (Å²) in [6.45, 7) is 2.56. The molecule has 1 N–H and O–H groups in total. The second-order valence-electron chi connectivity index (χ2n) is 5.34. The van der Waals surface area contributed by atoms with E-state index in [-0.39, 0.29) is 12.1 Å². The molecule has 1 aromatic rings. The topological polar surface area (TPSA) is 32.3 Å². The quantitative estimate of drug-likeness (QED) is 0.900. The van der Waals surface area contributed by atoms with Crippen molar-refractivity contribution in [3.63, 3.8) is 0 Å². The number of carbonyl (C=O) groups is 1. The van der Waals surface area contributed by atoms with Crippen molar-refractivity contribution in [2.24, 2.45) is 0 Å². The third kappa shape index (κ3) is 2.65. The second-order valence-corrected chi connectivity index (χ2v) is 6.56. The average molecular weight is 276 g/mol. The van der Waals surface area contributed by atoms with Gasteiger partial charge in [-0.1, -0.05) is 29.8 Å². The fourth-order valence-electron chi connectivity index (χ4n) is 2.92. The largest absolute Gasteiger partial charge is 0.319 e. The molecule has 0 spiro atoms. The molecule has 1 amide bonds. The molecule has 1 unspecified atom stereocenters. The van der Waals surface area contributed by atoms with E-state index in [1.165, 1.54) is 22.6 Å². The summed E-state index contributed by atoms with van der Waals surface area (Å²) in [4.78, 5) is 14.3. The minimum Gasteiger partial charge on any atom is -0.319 e. The van der Waals surface area contributed by atoms with Gasteiger partial charge in [0.1, 0.15) is 6.17 Å². The van der Waals surface area contributed by atoms with Gasteiger partial charge in [0.25, 0.3) is 0 Å². The molecule has 0 aliphatic carbocycles. The number of nitrogens with zero attached hydrogens (tertiary/aromatic N) is 1. The molecule has 1 aromatic carbocycles. The first-order valence-electron chi connectivity index (χ1n) is 6.94. The molecule has 2 aliphatic heterocycles. The number of hydrogen-bond acceptors (Lipinski definition) is 3. The van der Waals surface area contributed by atoms with Crippen LogP contribution in [0.2, 0.25) is 0 Å². The summed E-state index contributed by atoms with van der Waals surface area (Å²) in [7, 11) is 0. The van der Waals surface area contributed by atoms with Gasteiger partial charge in [0.05, 0.1) is 6.54 Å². The molecule has 2 aliphatic rings. The zero-order valence-corrected chi connectivity index (χ0v) is 12.1. The third-order valence-corrected chi connectivity index (χ3v) is 5.04. The van der Waals surface area contributed by atoms with Crippen molar-refractivity contribution >= 4 is 17.7 Å². The van der Waals surface area contributed by atoms with E-state index in [1.807, 2.05) is 11.8 Å². The fraction of sp³-hybridized carbons (Fsp3) is 0.533. The lowest BCUT2D eigenvalue weighted by Gasteiger charge is -2.35. The maximum Gasteiger partial charge on any atom is 0.238 e. The van der Waals surface area contributed by atoms with Gasteiger partial charge in [-0.25, -0.2) is 0 Å². The minimum atomic E-state index is 0.0706. The van der Waals surface area contributed by atoms with E-state index in [1.54, 1.807) is 0 Å². The van der Waals surface area contributed by atoms with Crippen molar-refractivity contribution in [3.05, 3.63) is 35.4 Å². The lowest BCUT2D eigenvalue weighted by molar-refractivity contribution is -0.130. The predicted octanol–water partition coefficient (Wildman–Crippen LogP) is 2.32. The molecule has 2 saturated heterocycles. The smallest absolute Gasteiger partial charge is 0.238 e. The normalized spacial score (nSPS) is 25.0. The highest BCUT2D eigenvalue weighted by molar-refractivity contribution is 7.99. The van der Waals surface area contributed by atoms with E-state index >= 15 is 0 Å². The molecule has 3 rings (SSSR count). The molecule has 2 fully saturated rings. The summed E-state index contributed by atoms with van der Waals surface area (Å²) in [5.74, 6) is 2.60. The lowest BCUT2D eigenvalue weighted by atomic mass is 10.1. The van der Waals surface area contributed by atoms with E-state index in [0.717, 1.165) is 12.8 Å². The molecule has 19 heavy (non-hydrogen) atoms. The van der Waals surface area contributed by atoms with Crippen molar-refractivity contribution < 1.29 is 4.79 Å². The maximum absolute atomic E-state index is 12.2. The van der Waals surface area contributed by atoms with Crippen LogP contribution in [0.5, 0.6) is 0 Å². The fourth-order valence-corrected chi connectivity index (χ4v) is 4.00. The molecule has 2 heterocycles. The summed E-state index contributed by atoms with van der Waals surface area (Å²) in [5, 5.41) is 3.36. The molecule has 0 bridgehead atoms. The summed E-state index contributed by atoms with van der Waals surface area (Å²) in [6, 6.07) is 8.92. The van der Waals surface area contributed by atoms with E-state index in [4.69, 9.17) is 0 Å². The van der Waals surface area contributed by atoms with Gasteiger partial charge < -0.3 is 4.90 Å². The molecule has 102 valence electrons. The van der Waals surface area contributed by atoms with E-state index in [0.29, 0.717) is 12.6 Å². The summed E-state index contributed by atoms with van der Waals surface area (Å²) < 4.78 is 0. The van der Waals surface area contributed by atoms with Gasteiger partial charge in [-0.2, -0.15) is 11.8 Å². The monoisotopic (exact) mass is 276 g/mol. The van der Waals surface area contributed by atoms with E-state index in [9.17, 15) is 4.79 Å². The Balaban J connectivity index is 1.83. The summed E-state index contributed by atoms with van der Waals surface area (Å²) in [6.07, 6.45) is 2.32. The predicted molar refractivity (Wildman–Crippen MR) is 79.1 cm³/mol. The van der Waals surface area contributed by atoms with Crippen LogP contribution < -0.4 is 5.32 Å². The van der Waals surface area contributed by atoms with Crippen molar-refractivity contribution in [1.82, 2.24) is 10.2 Å². The Morgan fingerprint density at radius 2 is 1.89 bits per heavy atom. The van der Waals surface area contributed by atoms with Crippen LogP contribution in [0.4, 0.5) is 0 Å². The lowest BCUT2D eigenvalue weighted by Crippen LogP contribution is -2.41. The SMILES string of the molecule is Cc1ccc(C2NCC(=O)N2C2CCSCC2)cc1. The zero-order chi connectivity index (χ0) is 13.2. The number of benzene rings is 1. The number of aryl methyl sites for hydroxylation is 1. The highest BCUT2D eigenvalue weighted by atomic mass is 32.2. The molecule has 0 saturated carbocycles. The van der Waals surface area contributed by atoms with Crippen LogP contribution in [-0.2, 0) is 4.79 Å². The Hall–Kier alpha value is -1.00. The Bertz CT molecular complexity index is 454. The number of amides is 1.